The van der Waals surface area contributed by atoms with Crippen molar-refractivity contribution in [1.29, 1.82) is 0 Å². The third kappa shape index (κ3) is 6.56. The number of rotatable bonds is 10. The predicted molar refractivity (Wildman–Crippen MR) is 181 cm³/mol. The lowest BCUT2D eigenvalue weighted by atomic mass is 9.88. The molecule has 47 heavy (non-hydrogen) atoms. The Morgan fingerprint density at radius 3 is 2.06 bits per heavy atom. The molecule has 0 saturated heterocycles. The van der Waals surface area contributed by atoms with Gasteiger partial charge >= 0.3 is 0 Å². The van der Waals surface area contributed by atoms with Gasteiger partial charge in [0.05, 0.1) is 42.0 Å². The summed E-state index contributed by atoms with van der Waals surface area (Å²) >= 11 is 0. The highest BCUT2D eigenvalue weighted by atomic mass is 16.5. The van der Waals surface area contributed by atoms with E-state index in [0.29, 0.717) is 53.9 Å². The average Bonchev–Trinajstić information content (AvgIpc) is 3.07. The van der Waals surface area contributed by atoms with Gasteiger partial charge in [-0.05, 0) is 96.2 Å². The van der Waals surface area contributed by atoms with Gasteiger partial charge in [-0.25, -0.2) is 0 Å². The highest BCUT2D eigenvalue weighted by Gasteiger charge is 2.34. The van der Waals surface area contributed by atoms with Crippen molar-refractivity contribution in [3.63, 3.8) is 0 Å². The van der Waals surface area contributed by atoms with E-state index in [9.17, 15) is 10.3 Å². The molecule has 2 aliphatic heterocycles. The lowest BCUT2D eigenvalue weighted by Gasteiger charge is -2.49. The molecule has 4 aromatic rings. The van der Waals surface area contributed by atoms with E-state index >= 15 is 0 Å². The summed E-state index contributed by atoms with van der Waals surface area (Å²) in [6.45, 7) is 1.41. The molecule has 0 radical (unpaired) electrons. The smallest absolute Gasteiger partial charge is 0.169 e. The number of ether oxygens (including phenoxy) is 5. The molecular formula is C38H44N2O7. The summed E-state index contributed by atoms with van der Waals surface area (Å²) < 4.78 is 28.1. The first-order chi connectivity index (χ1) is 22.6. The normalized spacial score (nSPS) is 20.6. The van der Waals surface area contributed by atoms with Gasteiger partial charge in [0.1, 0.15) is 11.8 Å². The zero-order chi connectivity index (χ0) is 33.3. The van der Waals surface area contributed by atoms with E-state index in [1.54, 1.807) is 35.5 Å². The number of phenolic OH excluding ortho intramolecular Hbond substituents is 1. The summed E-state index contributed by atoms with van der Waals surface area (Å²) in [4.78, 5) is 2.32. The molecule has 9 heteroatoms. The maximum Gasteiger partial charge on any atom is 0.169 e. The fourth-order valence-corrected chi connectivity index (χ4v) is 7.03. The Kier molecular flexibility index (Phi) is 9.23. The van der Waals surface area contributed by atoms with Crippen LogP contribution >= 0.6 is 0 Å². The maximum atomic E-state index is 13.7. The van der Waals surface area contributed by atoms with Crippen molar-refractivity contribution in [2.75, 3.05) is 55.6 Å². The third-order valence-corrected chi connectivity index (χ3v) is 9.79. The van der Waals surface area contributed by atoms with E-state index in [-0.39, 0.29) is 22.5 Å². The first-order valence-corrected chi connectivity index (χ1v) is 16.0. The lowest BCUT2D eigenvalue weighted by Crippen LogP contribution is -2.47. The van der Waals surface area contributed by atoms with Gasteiger partial charge in [0.25, 0.3) is 0 Å². The van der Waals surface area contributed by atoms with Gasteiger partial charge in [-0.2, -0.15) is 0 Å². The number of nitrogens with zero attached hydrogens (tertiary/aromatic N) is 2. The molecule has 0 aliphatic carbocycles. The van der Waals surface area contributed by atoms with Crippen LogP contribution in [0.1, 0.15) is 45.5 Å². The first-order valence-electron chi connectivity index (χ1n) is 16.0. The minimum Gasteiger partial charge on any atom is -0.633 e. The fraction of sp³-hybridized carbons (Fsp3) is 0.368. The topological polar surface area (TPSA) is 92.7 Å². The molecule has 2 aliphatic rings. The first kappa shape index (κ1) is 32.5. The summed E-state index contributed by atoms with van der Waals surface area (Å²) in [5.74, 6) is 3.92. The monoisotopic (exact) mass is 640 g/mol. The minimum atomic E-state index is -0.349. The Morgan fingerprint density at radius 1 is 0.723 bits per heavy atom. The van der Waals surface area contributed by atoms with Gasteiger partial charge in [-0.1, -0.05) is 18.2 Å². The molecule has 1 unspecified atom stereocenters. The summed E-state index contributed by atoms with van der Waals surface area (Å²) in [6, 6.07) is 21.5. The fourth-order valence-electron chi connectivity index (χ4n) is 7.03. The molecule has 0 aromatic heterocycles. The van der Waals surface area contributed by atoms with Crippen LogP contribution in [-0.2, 0) is 25.7 Å². The zero-order valence-electron chi connectivity index (χ0n) is 28.0. The molecule has 3 atom stereocenters. The highest BCUT2D eigenvalue weighted by molar-refractivity contribution is 5.51. The molecule has 0 fully saturated rings. The van der Waals surface area contributed by atoms with E-state index in [1.165, 1.54) is 5.56 Å². The number of hydrogen-bond donors (Lipinski definition) is 1. The van der Waals surface area contributed by atoms with Gasteiger partial charge in [-0.3, -0.25) is 4.90 Å². The van der Waals surface area contributed by atoms with Gasteiger partial charge < -0.3 is 38.6 Å². The molecule has 0 bridgehead atoms. The van der Waals surface area contributed by atoms with Crippen molar-refractivity contribution in [3.05, 3.63) is 105 Å². The largest absolute Gasteiger partial charge is 0.633 e. The number of benzene rings is 4. The molecule has 4 aromatic carbocycles. The number of methoxy groups -OCH3 is 4. The summed E-state index contributed by atoms with van der Waals surface area (Å²) in [5, 5.41) is 24.2. The van der Waals surface area contributed by atoms with E-state index in [1.807, 2.05) is 60.7 Å². The van der Waals surface area contributed by atoms with Gasteiger partial charge in [0, 0.05) is 31.0 Å². The van der Waals surface area contributed by atoms with Crippen molar-refractivity contribution >= 4 is 0 Å². The van der Waals surface area contributed by atoms with Crippen molar-refractivity contribution in [2.45, 2.75) is 37.8 Å². The van der Waals surface area contributed by atoms with E-state index < -0.39 is 0 Å². The van der Waals surface area contributed by atoms with Crippen LogP contribution in [0.2, 0.25) is 0 Å². The Hall–Kier alpha value is -4.44. The number of hydroxylamine groups is 3. The van der Waals surface area contributed by atoms with Crippen molar-refractivity contribution in [1.82, 2.24) is 4.90 Å². The van der Waals surface area contributed by atoms with Crippen LogP contribution in [0.3, 0.4) is 0 Å². The third-order valence-electron chi connectivity index (χ3n) is 9.79. The van der Waals surface area contributed by atoms with Crippen LogP contribution < -0.4 is 23.7 Å². The van der Waals surface area contributed by atoms with Gasteiger partial charge in [-0.15, -0.1) is 0 Å². The quantitative estimate of drug-likeness (QED) is 0.150. The number of quaternary nitrogens is 1. The molecule has 248 valence electrons. The molecule has 0 saturated carbocycles. The van der Waals surface area contributed by atoms with E-state index in [0.717, 1.165) is 47.2 Å². The molecule has 0 spiro atoms. The maximum absolute atomic E-state index is 13.7. The predicted octanol–water partition coefficient (Wildman–Crippen LogP) is 6.77. The van der Waals surface area contributed by atoms with Crippen LogP contribution in [0.15, 0.2) is 66.7 Å². The Labute approximate surface area is 277 Å². The number of hydrogen-bond acceptors (Lipinski definition) is 8. The van der Waals surface area contributed by atoms with Crippen LogP contribution in [0, 0.1) is 5.21 Å². The van der Waals surface area contributed by atoms with E-state index in [4.69, 9.17) is 23.7 Å². The Morgan fingerprint density at radius 2 is 1.36 bits per heavy atom. The molecule has 1 N–H and O–H groups in total. The van der Waals surface area contributed by atoms with Crippen molar-refractivity contribution in [3.8, 4) is 40.2 Å². The minimum absolute atomic E-state index is 0.0900. The number of fused-ring (bicyclic) bond motifs is 2. The highest BCUT2D eigenvalue weighted by Crippen LogP contribution is 2.43. The molecule has 9 nitrogen and oxygen atoms in total. The van der Waals surface area contributed by atoms with Crippen LogP contribution in [0.4, 0.5) is 0 Å². The number of likely N-dealkylation sites (N-methyl/N-ethyl adjacent to an activating group) is 2. The second-order valence-electron chi connectivity index (χ2n) is 12.7. The van der Waals surface area contributed by atoms with Gasteiger partial charge in [0.15, 0.2) is 34.5 Å². The van der Waals surface area contributed by atoms with Crippen LogP contribution in [-0.4, -0.2) is 70.3 Å². The SMILES string of the molecule is COc1cc2c(cc1O)[C@H](Cc1ccc(OC)c(Oc3ccc(C[C@H]4c5cc(OC)c(OC)cc5CC[N+]4(C)[O-])cc3)c1)N(C)CC2. The molecule has 2 heterocycles. The average molecular weight is 641 g/mol. The van der Waals surface area contributed by atoms with Crippen molar-refractivity contribution < 1.29 is 33.4 Å². The second-order valence-corrected chi connectivity index (χ2v) is 12.7. The number of phenols is 1. The molecule has 6 rings (SSSR count). The Balaban J connectivity index is 1.21. The summed E-state index contributed by atoms with van der Waals surface area (Å²) in [5.41, 5.74) is 6.58. The van der Waals surface area contributed by atoms with Crippen LogP contribution in [0.25, 0.3) is 0 Å². The Bertz CT molecular complexity index is 1740. The van der Waals surface area contributed by atoms with Crippen molar-refractivity contribution in [2.24, 2.45) is 0 Å². The summed E-state index contributed by atoms with van der Waals surface area (Å²) in [6.07, 6.45) is 2.91. The standard InChI is InChI=1S/C38H44N2O7/c1-39-15-13-26-20-35(44-4)33(41)22-29(26)31(39)17-25-9-12-34(43-3)38(19-25)47-28-10-7-24(8-11-28)18-32-30-23-37(46-6)36(45-5)21-27(30)14-16-40(32,2)42/h7-12,19-23,31-32,41H,13-18H2,1-6H3/t31-,32-,40?/m0/s1. The summed E-state index contributed by atoms with van der Waals surface area (Å²) in [7, 11) is 10.3. The zero-order valence-corrected chi connectivity index (χ0v) is 28.0. The number of aromatic hydroxyl groups is 1. The van der Waals surface area contributed by atoms with Gasteiger partial charge in [0.2, 0.25) is 0 Å². The van der Waals surface area contributed by atoms with E-state index in [2.05, 4.69) is 18.0 Å². The second kappa shape index (κ2) is 13.4. The lowest BCUT2D eigenvalue weighted by molar-refractivity contribution is -0.894. The molecular weight excluding hydrogens is 596 g/mol. The van der Waals surface area contributed by atoms with Crippen LogP contribution in [0.5, 0.6) is 40.2 Å². The molecule has 0 amide bonds.